The molecule has 1 nitrogen and oxygen atoms in total. The lowest BCUT2D eigenvalue weighted by Crippen LogP contribution is -1.84. The summed E-state index contributed by atoms with van der Waals surface area (Å²) >= 11 is 0. The number of rotatable bonds is 6. The summed E-state index contributed by atoms with van der Waals surface area (Å²) in [6.07, 6.45) is 8.32. The van der Waals surface area contributed by atoms with Crippen LogP contribution in [0.5, 0.6) is 0 Å². The number of unbranched alkanes of at least 4 members (excludes halogenated alkanes) is 2. The van der Waals surface area contributed by atoms with Gasteiger partial charge in [-0.05, 0) is 24.8 Å². The summed E-state index contributed by atoms with van der Waals surface area (Å²) in [6.45, 7) is 4.34. The van der Waals surface area contributed by atoms with Crippen LogP contribution in [0.15, 0.2) is 11.8 Å². The lowest BCUT2D eigenvalue weighted by atomic mass is 10.0. The summed E-state index contributed by atoms with van der Waals surface area (Å²) in [5.74, 6) is 0. The minimum Gasteiger partial charge on any atom is -0.516 e. The van der Waals surface area contributed by atoms with Gasteiger partial charge in [-0.2, -0.15) is 0 Å². The highest BCUT2D eigenvalue weighted by atomic mass is 16.2. The highest BCUT2D eigenvalue weighted by Crippen LogP contribution is 2.13. The van der Waals surface area contributed by atoms with Gasteiger partial charge in [0.2, 0.25) is 0 Å². The average Bonchev–Trinajstić information content (AvgIpc) is 2.03. The Morgan fingerprint density at radius 2 is 1.82 bits per heavy atom. The normalized spacial score (nSPS) is 12.0. The summed E-state index contributed by atoms with van der Waals surface area (Å²) in [6, 6.07) is 0. The first-order valence-electron chi connectivity index (χ1n) is 4.67. The molecule has 0 aromatic carbocycles. The first kappa shape index (κ1) is 10.5. The fourth-order valence-electron chi connectivity index (χ4n) is 1.18. The van der Waals surface area contributed by atoms with Gasteiger partial charge < -0.3 is 5.11 Å². The lowest BCUT2D eigenvalue weighted by molar-refractivity contribution is 0.458. The highest BCUT2D eigenvalue weighted by Gasteiger charge is 1.95. The molecule has 0 spiro atoms. The van der Waals surface area contributed by atoms with Crippen molar-refractivity contribution in [3.63, 3.8) is 0 Å². The number of hydrogen-bond acceptors (Lipinski definition) is 1. The van der Waals surface area contributed by atoms with Crippen molar-refractivity contribution in [2.45, 2.75) is 52.4 Å². The van der Waals surface area contributed by atoms with Crippen LogP contribution in [-0.4, -0.2) is 5.11 Å². The van der Waals surface area contributed by atoms with E-state index >= 15 is 0 Å². The van der Waals surface area contributed by atoms with E-state index in [-0.39, 0.29) is 0 Å². The summed E-state index contributed by atoms with van der Waals surface area (Å²) < 4.78 is 0. The van der Waals surface area contributed by atoms with E-state index in [0.717, 1.165) is 19.3 Å². The van der Waals surface area contributed by atoms with Crippen LogP contribution < -0.4 is 0 Å². The molecule has 0 aromatic rings. The Hall–Kier alpha value is -0.460. The third-order valence-corrected chi connectivity index (χ3v) is 1.86. The van der Waals surface area contributed by atoms with Crippen LogP contribution >= 0.6 is 0 Å². The molecule has 0 fully saturated rings. The van der Waals surface area contributed by atoms with Gasteiger partial charge in [-0.1, -0.05) is 33.1 Å². The van der Waals surface area contributed by atoms with Gasteiger partial charge >= 0.3 is 0 Å². The molecule has 0 atom stereocenters. The quantitative estimate of drug-likeness (QED) is 0.458. The molecular weight excluding hydrogens is 136 g/mol. The van der Waals surface area contributed by atoms with E-state index in [1.807, 2.05) is 0 Å². The van der Waals surface area contributed by atoms with Crippen LogP contribution in [0, 0.1) is 0 Å². The van der Waals surface area contributed by atoms with E-state index < -0.39 is 0 Å². The molecular formula is C10H20O. The van der Waals surface area contributed by atoms with Crippen molar-refractivity contribution in [2.24, 2.45) is 0 Å². The molecule has 0 aromatic heterocycles. The van der Waals surface area contributed by atoms with Crippen molar-refractivity contribution in [2.75, 3.05) is 0 Å². The van der Waals surface area contributed by atoms with Crippen LogP contribution in [0.1, 0.15) is 52.4 Å². The largest absolute Gasteiger partial charge is 0.516 e. The van der Waals surface area contributed by atoms with Gasteiger partial charge in [0, 0.05) is 0 Å². The van der Waals surface area contributed by atoms with Gasteiger partial charge in [-0.3, -0.25) is 0 Å². The van der Waals surface area contributed by atoms with Gasteiger partial charge in [-0.25, -0.2) is 0 Å². The minimum absolute atomic E-state index is 1.06. The average molecular weight is 156 g/mol. The van der Waals surface area contributed by atoms with Crippen LogP contribution in [0.2, 0.25) is 0 Å². The zero-order chi connectivity index (χ0) is 8.53. The SMILES string of the molecule is CCCCC/C(=C/O)CCC. The van der Waals surface area contributed by atoms with Gasteiger partial charge in [0.15, 0.2) is 0 Å². The minimum atomic E-state index is 1.06. The first-order chi connectivity index (χ1) is 5.35. The lowest BCUT2D eigenvalue weighted by Gasteiger charge is -2.02. The van der Waals surface area contributed by atoms with Gasteiger partial charge in [-0.15, -0.1) is 0 Å². The fourth-order valence-corrected chi connectivity index (χ4v) is 1.18. The number of aliphatic hydroxyl groups excluding tert-OH is 1. The first-order valence-corrected chi connectivity index (χ1v) is 4.67. The van der Waals surface area contributed by atoms with Crippen LogP contribution in [0.3, 0.4) is 0 Å². The van der Waals surface area contributed by atoms with E-state index in [9.17, 15) is 0 Å². The van der Waals surface area contributed by atoms with E-state index in [4.69, 9.17) is 5.11 Å². The Balaban J connectivity index is 3.37. The van der Waals surface area contributed by atoms with Crippen molar-refractivity contribution >= 4 is 0 Å². The molecule has 1 N–H and O–H groups in total. The zero-order valence-corrected chi connectivity index (χ0v) is 7.77. The maximum Gasteiger partial charge on any atom is 0.0783 e. The van der Waals surface area contributed by atoms with Crippen LogP contribution in [0.25, 0.3) is 0 Å². The molecule has 0 rings (SSSR count). The summed E-state index contributed by atoms with van der Waals surface area (Å²) in [5, 5.41) is 8.79. The molecule has 0 saturated carbocycles. The molecule has 1 heteroatoms. The predicted molar refractivity (Wildman–Crippen MR) is 49.8 cm³/mol. The van der Waals surface area contributed by atoms with Gasteiger partial charge in [0.05, 0.1) is 6.26 Å². The fraction of sp³-hybridized carbons (Fsp3) is 0.800. The van der Waals surface area contributed by atoms with Gasteiger partial charge in [0.1, 0.15) is 0 Å². The van der Waals surface area contributed by atoms with Crippen molar-refractivity contribution in [3.05, 3.63) is 11.8 Å². The molecule has 0 unspecified atom stereocenters. The van der Waals surface area contributed by atoms with Crippen LogP contribution in [0.4, 0.5) is 0 Å². The van der Waals surface area contributed by atoms with Crippen LogP contribution in [-0.2, 0) is 0 Å². The molecule has 11 heavy (non-hydrogen) atoms. The monoisotopic (exact) mass is 156 g/mol. The Kier molecular flexibility index (Phi) is 7.33. The number of allylic oxidation sites excluding steroid dienone is 1. The summed E-state index contributed by atoms with van der Waals surface area (Å²) in [5.41, 5.74) is 1.21. The highest BCUT2D eigenvalue weighted by molar-refractivity contribution is 4.96. The van der Waals surface area contributed by atoms with Crippen molar-refractivity contribution in [1.82, 2.24) is 0 Å². The Morgan fingerprint density at radius 3 is 2.27 bits per heavy atom. The summed E-state index contributed by atoms with van der Waals surface area (Å²) in [4.78, 5) is 0. The molecule has 0 aliphatic heterocycles. The molecule has 0 aliphatic carbocycles. The van der Waals surface area contributed by atoms with Gasteiger partial charge in [0.25, 0.3) is 0 Å². The smallest absolute Gasteiger partial charge is 0.0783 e. The maximum absolute atomic E-state index is 8.79. The molecule has 0 heterocycles. The molecule has 66 valence electrons. The molecule has 0 radical (unpaired) electrons. The molecule has 0 bridgehead atoms. The second-order valence-corrected chi connectivity index (χ2v) is 2.99. The second-order valence-electron chi connectivity index (χ2n) is 2.99. The van der Waals surface area contributed by atoms with E-state index in [1.165, 1.54) is 31.1 Å². The standard InChI is InChI=1S/C10H20O/c1-3-5-6-8-10(9-11)7-4-2/h9,11H,3-8H2,1-2H3/b10-9+. The van der Waals surface area contributed by atoms with E-state index in [2.05, 4.69) is 13.8 Å². The third kappa shape index (κ3) is 5.96. The topological polar surface area (TPSA) is 20.2 Å². The third-order valence-electron chi connectivity index (χ3n) is 1.86. The second kappa shape index (κ2) is 7.64. The maximum atomic E-state index is 8.79. The Bertz CT molecular complexity index is 105. The zero-order valence-electron chi connectivity index (χ0n) is 7.77. The van der Waals surface area contributed by atoms with E-state index in [0.29, 0.717) is 0 Å². The predicted octanol–water partition coefficient (Wildman–Crippen LogP) is 3.81. The van der Waals surface area contributed by atoms with E-state index in [1.54, 1.807) is 0 Å². The molecule has 0 saturated heterocycles. The summed E-state index contributed by atoms with van der Waals surface area (Å²) in [7, 11) is 0. The van der Waals surface area contributed by atoms with Crippen molar-refractivity contribution in [1.29, 1.82) is 0 Å². The van der Waals surface area contributed by atoms with Crippen molar-refractivity contribution in [3.8, 4) is 0 Å². The molecule has 0 amide bonds. The number of aliphatic hydroxyl groups is 1. The Morgan fingerprint density at radius 1 is 1.09 bits per heavy atom. The Labute approximate surface area is 70.1 Å². The molecule has 0 aliphatic rings. The number of hydrogen-bond donors (Lipinski definition) is 1. The van der Waals surface area contributed by atoms with Crippen molar-refractivity contribution < 1.29 is 5.11 Å².